The molecule has 2 atom stereocenters. The Bertz CT molecular complexity index is 755. The Morgan fingerprint density at radius 1 is 1.17 bits per heavy atom. The summed E-state index contributed by atoms with van der Waals surface area (Å²) < 4.78 is 0. The number of para-hydroxylation sites is 1. The molecule has 0 fully saturated rings. The molecule has 2 rings (SSSR count). The third kappa shape index (κ3) is 4.32. The van der Waals surface area contributed by atoms with Crippen LogP contribution in [-0.4, -0.2) is 34.9 Å². The molecule has 1 heterocycles. The lowest BCUT2D eigenvalue weighted by molar-refractivity contribution is -0.438. The first-order chi connectivity index (χ1) is 11.4. The van der Waals surface area contributed by atoms with E-state index in [4.69, 9.17) is 0 Å². The summed E-state index contributed by atoms with van der Waals surface area (Å²) in [6, 6.07) is 5.17. The van der Waals surface area contributed by atoms with Crippen molar-refractivity contribution in [2.24, 2.45) is 0 Å². The Labute approximate surface area is 137 Å². The van der Waals surface area contributed by atoms with E-state index in [-0.39, 0.29) is 19.3 Å². The van der Waals surface area contributed by atoms with Gasteiger partial charge in [-0.15, -0.1) is 0 Å². The van der Waals surface area contributed by atoms with Gasteiger partial charge in [-0.3, -0.25) is 4.79 Å². The zero-order valence-electron chi connectivity index (χ0n) is 12.9. The molecule has 0 saturated heterocycles. The number of carbonyl (C=O) groups excluding carboxylic acids is 3. The summed E-state index contributed by atoms with van der Waals surface area (Å²) in [4.78, 5) is 36.7. The summed E-state index contributed by atoms with van der Waals surface area (Å²) in [5, 5.41) is 25.1. The molecule has 0 aliphatic carbocycles. The van der Waals surface area contributed by atoms with Crippen molar-refractivity contribution in [2.75, 3.05) is 0 Å². The van der Waals surface area contributed by atoms with Gasteiger partial charge in [0.05, 0.1) is 18.0 Å². The Balaban J connectivity index is 2.01. The normalized spacial score (nSPS) is 13.4. The highest BCUT2D eigenvalue weighted by atomic mass is 16.4. The topological polar surface area (TPSA) is 153 Å². The first-order valence-electron chi connectivity index (χ1n) is 7.47. The number of aromatic amines is 1. The molecule has 0 aliphatic rings. The summed E-state index contributed by atoms with van der Waals surface area (Å²) in [6.45, 7) is 0. The number of aliphatic carboxylic acids is 2. The average Bonchev–Trinajstić information content (AvgIpc) is 2.95. The van der Waals surface area contributed by atoms with E-state index in [1.54, 1.807) is 6.20 Å². The molecule has 0 spiro atoms. The van der Waals surface area contributed by atoms with Gasteiger partial charge in [-0.2, -0.15) is 0 Å². The number of hydrogen-bond acceptors (Lipinski definition) is 5. The van der Waals surface area contributed by atoms with Gasteiger partial charge in [0, 0.05) is 36.4 Å². The van der Waals surface area contributed by atoms with Gasteiger partial charge >= 0.3 is 0 Å². The van der Waals surface area contributed by atoms with Crippen LogP contribution in [0.25, 0.3) is 10.9 Å². The molecule has 0 unspecified atom stereocenters. The number of benzene rings is 1. The van der Waals surface area contributed by atoms with Gasteiger partial charge in [0.25, 0.3) is 0 Å². The standard InChI is InChI=1S/C16H19N3O5/c17-11(15(21)22)5-6-14(20)19-13(16(23)24)7-9-8-18-12-4-2-1-3-10(9)12/h1-4,8,11,13,18H,5-7,17H2,(H,19,20)(H,21,22)(H,23,24)/p-1/t11-,13-/m0/s1. The van der Waals surface area contributed by atoms with Crippen LogP contribution in [0.15, 0.2) is 30.5 Å². The van der Waals surface area contributed by atoms with Crippen molar-refractivity contribution in [2.45, 2.75) is 31.3 Å². The highest BCUT2D eigenvalue weighted by Crippen LogP contribution is 2.19. The van der Waals surface area contributed by atoms with Crippen LogP contribution in [-0.2, 0) is 20.8 Å². The molecule has 8 nitrogen and oxygen atoms in total. The van der Waals surface area contributed by atoms with Gasteiger partial charge in [0.2, 0.25) is 5.91 Å². The SMILES string of the molecule is [NH3+][C@@H](CCC(=O)N[C@@H](Cc1c[nH]c2ccccc12)C(=O)[O-])C(=O)[O-]. The lowest BCUT2D eigenvalue weighted by atomic mass is 10.0. The molecule has 2 aromatic rings. The lowest BCUT2D eigenvalue weighted by Gasteiger charge is -2.20. The average molecular weight is 332 g/mol. The number of hydrogen-bond donors (Lipinski definition) is 3. The molecule has 128 valence electrons. The number of aromatic nitrogens is 1. The van der Waals surface area contributed by atoms with Crippen molar-refractivity contribution >= 4 is 28.7 Å². The van der Waals surface area contributed by atoms with Gasteiger partial charge in [0.15, 0.2) is 0 Å². The zero-order valence-corrected chi connectivity index (χ0v) is 12.9. The molecule has 1 aromatic heterocycles. The molecule has 8 heteroatoms. The highest BCUT2D eigenvalue weighted by molar-refractivity contribution is 5.86. The number of quaternary nitrogens is 1. The van der Waals surface area contributed by atoms with Gasteiger partial charge in [-0.1, -0.05) is 18.2 Å². The molecular formula is C16H18N3O5-. The number of amides is 1. The number of carboxylic acids is 2. The van der Waals surface area contributed by atoms with Crippen LogP contribution in [0.1, 0.15) is 18.4 Å². The maximum Gasteiger partial charge on any atom is 0.220 e. The zero-order chi connectivity index (χ0) is 17.7. The second kappa shape index (κ2) is 7.60. The van der Waals surface area contributed by atoms with E-state index in [9.17, 15) is 24.6 Å². The first kappa shape index (κ1) is 17.5. The summed E-state index contributed by atoms with van der Waals surface area (Å²) in [7, 11) is 0. The van der Waals surface area contributed by atoms with Crippen LogP contribution in [0.4, 0.5) is 0 Å². The smallest absolute Gasteiger partial charge is 0.220 e. The molecule has 0 radical (unpaired) electrons. The van der Waals surface area contributed by atoms with E-state index in [0.717, 1.165) is 16.5 Å². The molecule has 24 heavy (non-hydrogen) atoms. The van der Waals surface area contributed by atoms with E-state index < -0.39 is 29.9 Å². The van der Waals surface area contributed by atoms with Crippen LogP contribution in [0.2, 0.25) is 0 Å². The molecular weight excluding hydrogens is 314 g/mol. The maximum absolute atomic E-state index is 11.8. The second-order valence-electron chi connectivity index (χ2n) is 5.56. The van der Waals surface area contributed by atoms with Crippen LogP contribution in [0, 0.1) is 0 Å². The first-order valence-corrected chi connectivity index (χ1v) is 7.47. The molecule has 0 bridgehead atoms. The predicted molar refractivity (Wildman–Crippen MR) is 79.9 cm³/mol. The third-order valence-electron chi connectivity index (χ3n) is 3.77. The van der Waals surface area contributed by atoms with Crippen LogP contribution >= 0.6 is 0 Å². The minimum absolute atomic E-state index is 0.0268. The summed E-state index contributed by atoms with van der Waals surface area (Å²) >= 11 is 0. The summed E-state index contributed by atoms with van der Waals surface area (Å²) in [5.74, 6) is -3.32. The fourth-order valence-corrected chi connectivity index (χ4v) is 2.40. The van der Waals surface area contributed by atoms with Gasteiger partial charge in [-0.25, -0.2) is 0 Å². The van der Waals surface area contributed by atoms with E-state index in [1.807, 2.05) is 24.3 Å². The molecule has 5 N–H and O–H groups in total. The maximum atomic E-state index is 11.8. The number of carbonyl (C=O) groups is 3. The lowest BCUT2D eigenvalue weighted by Crippen LogP contribution is -2.68. The Hall–Kier alpha value is -2.87. The van der Waals surface area contributed by atoms with Gasteiger partial charge in [0.1, 0.15) is 6.04 Å². The summed E-state index contributed by atoms with van der Waals surface area (Å²) in [6.07, 6.45) is 1.57. The quantitative estimate of drug-likeness (QED) is 0.473. The molecule has 0 saturated carbocycles. The molecule has 1 aromatic carbocycles. The predicted octanol–water partition coefficient (Wildman–Crippen LogP) is -2.91. The van der Waals surface area contributed by atoms with Crippen molar-refractivity contribution in [3.8, 4) is 0 Å². The molecule has 1 amide bonds. The van der Waals surface area contributed by atoms with Crippen molar-refractivity contribution < 1.29 is 30.3 Å². The van der Waals surface area contributed by atoms with E-state index >= 15 is 0 Å². The van der Waals surface area contributed by atoms with E-state index in [0.29, 0.717) is 0 Å². The number of nitrogens with one attached hydrogen (secondary N) is 2. The number of carboxylic acid groups (broad SMARTS) is 2. The number of H-pyrrole nitrogens is 1. The Morgan fingerprint density at radius 3 is 2.54 bits per heavy atom. The van der Waals surface area contributed by atoms with Crippen LogP contribution < -0.4 is 21.3 Å². The third-order valence-corrected chi connectivity index (χ3v) is 3.77. The van der Waals surface area contributed by atoms with Gasteiger partial charge < -0.3 is 35.8 Å². The van der Waals surface area contributed by atoms with Crippen molar-refractivity contribution in [3.63, 3.8) is 0 Å². The molecule has 0 aliphatic heterocycles. The minimum Gasteiger partial charge on any atom is -0.548 e. The number of fused-ring (bicyclic) bond motifs is 1. The van der Waals surface area contributed by atoms with Crippen molar-refractivity contribution in [3.05, 3.63) is 36.0 Å². The fourth-order valence-electron chi connectivity index (χ4n) is 2.40. The van der Waals surface area contributed by atoms with E-state index in [2.05, 4.69) is 16.0 Å². The number of rotatable bonds is 8. The Kier molecular flexibility index (Phi) is 5.54. The highest BCUT2D eigenvalue weighted by Gasteiger charge is 2.18. The largest absolute Gasteiger partial charge is 0.548 e. The van der Waals surface area contributed by atoms with Crippen LogP contribution in [0.5, 0.6) is 0 Å². The second-order valence-corrected chi connectivity index (χ2v) is 5.56. The minimum atomic E-state index is -1.40. The Morgan fingerprint density at radius 2 is 1.88 bits per heavy atom. The van der Waals surface area contributed by atoms with Crippen molar-refractivity contribution in [1.82, 2.24) is 10.3 Å². The van der Waals surface area contributed by atoms with Crippen LogP contribution in [0.3, 0.4) is 0 Å². The van der Waals surface area contributed by atoms with Crippen molar-refractivity contribution in [1.29, 1.82) is 0 Å². The fraction of sp³-hybridized carbons (Fsp3) is 0.312. The van der Waals surface area contributed by atoms with Gasteiger partial charge in [-0.05, 0) is 11.6 Å². The van der Waals surface area contributed by atoms with E-state index in [1.165, 1.54) is 0 Å². The monoisotopic (exact) mass is 332 g/mol. The summed E-state index contributed by atoms with van der Waals surface area (Å²) in [5.41, 5.74) is 4.95.